The van der Waals surface area contributed by atoms with Crippen LogP contribution in [-0.4, -0.2) is 29.4 Å². The number of nitrogens with one attached hydrogen (secondary N) is 2. The second-order valence-electron chi connectivity index (χ2n) is 4.07. The van der Waals surface area contributed by atoms with Crippen LogP contribution in [0.25, 0.3) is 0 Å². The topological polar surface area (TPSA) is 84.2 Å². The van der Waals surface area contributed by atoms with Gasteiger partial charge in [-0.25, -0.2) is 0 Å². The van der Waals surface area contributed by atoms with Gasteiger partial charge < -0.3 is 5.73 Å². The Balaban J connectivity index is 2.25. The van der Waals surface area contributed by atoms with Gasteiger partial charge in [0.2, 0.25) is 5.91 Å². The molecule has 5 nitrogen and oxygen atoms in total. The summed E-state index contributed by atoms with van der Waals surface area (Å²) < 4.78 is 0. The highest BCUT2D eigenvalue weighted by Crippen LogP contribution is 2.12. The third-order valence-electron chi connectivity index (χ3n) is 2.42. The molecule has 1 rings (SSSR count). The number of benzene rings is 1. The Morgan fingerprint density at radius 1 is 1.26 bits per heavy atom. The number of hydrazine groups is 1. The van der Waals surface area contributed by atoms with Gasteiger partial charge in [0.15, 0.2) is 0 Å². The summed E-state index contributed by atoms with van der Waals surface area (Å²) >= 11 is 1.51. The van der Waals surface area contributed by atoms with E-state index >= 15 is 0 Å². The van der Waals surface area contributed by atoms with E-state index in [0.717, 1.165) is 6.42 Å². The molecule has 1 aromatic rings. The molecule has 1 aromatic carbocycles. The first-order valence-corrected chi connectivity index (χ1v) is 7.14. The number of amides is 2. The number of carbonyl (C=O) groups is 2. The Kier molecular flexibility index (Phi) is 6.99. The molecule has 104 valence electrons. The fraction of sp³-hybridized carbons (Fsp3) is 0.385. The van der Waals surface area contributed by atoms with Gasteiger partial charge in [0.05, 0.1) is 5.75 Å². The fourth-order valence-corrected chi connectivity index (χ4v) is 2.17. The van der Waals surface area contributed by atoms with Gasteiger partial charge in [0.1, 0.15) is 0 Å². The number of hydrogen-bond acceptors (Lipinski definition) is 4. The summed E-state index contributed by atoms with van der Waals surface area (Å²) in [5.74, 6) is -0.247. The third kappa shape index (κ3) is 6.26. The average molecular weight is 281 g/mol. The smallest absolute Gasteiger partial charge is 0.269 e. The minimum Gasteiger partial charge on any atom is -0.330 e. The van der Waals surface area contributed by atoms with Crippen molar-refractivity contribution in [1.82, 2.24) is 10.9 Å². The molecule has 19 heavy (non-hydrogen) atoms. The lowest BCUT2D eigenvalue weighted by molar-refractivity contribution is -0.119. The molecule has 0 aliphatic carbocycles. The first kappa shape index (κ1) is 15.5. The Morgan fingerprint density at radius 2 is 1.95 bits per heavy atom. The van der Waals surface area contributed by atoms with Crippen molar-refractivity contribution in [1.29, 1.82) is 0 Å². The molecule has 0 aromatic heterocycles. The van der Waals surface area contributed by atoms with Crippen LogP contribution in [0.15, 0.2) is 30.3 Å². The number of thioether (sulfide) groups is 1. The zero-order valence-electron chi connectivity index (χ0n) is 10.9. The summed E-state index contributed by atoms with van der Waals surface area (Å²) in [4.78, 5) is 23.2. The molecule has 4 N–H and O–H groups in total. The zero-order valence-corrected chi connectivity index (χ0v) is 11.7. The molecule has 1 atom stereocenters. The summed E-state index contributed by atoms with van der Waals surface area (Å²) in [5, 5.41) is 0.334. The first-order valence-electron chi connectivity index (χ1n) is 6.09. The van der Waals surface area contributed by atoms with Crippen LogP contribution >= 0.6 is 11.8 Å². The van der Waals surface area contributed by atoms with Crippen LogP contribution in [-0.2, 0) is 4.79 Å². The van der Waals surface area contributed by atoms with E-state index in [1.165, 1.54) is 11.8 Å². The Bertz CT molecular complexity index is 412. The molecule has 0 saturated heterocycles. The quantitative estimate of drug-likeness (QED) is 0.677. The Hall–Kier alpha value is -1.53. The second kappa shape index (κ2) is 8.55. The maximum Gasteiger partial charge on any atom is 0.269 e. The van der Waals surface area contributed by atoms with Gasteiger partial charge >= 0.3 is 0 Å². The number of hydrogen-bond donors (Lipinski definition) is 3. The van der Waals surface area contributed by atoms with Gasteiger partial charge in [0.25, 0.3) is 5.91 Å². The van der Waals surface area contributed by atoms with E-state index in [9.17, 15) is 9.59 Å². The van der Waals surface area contributed by atoms with Gasteiger partial charge in [-0.15, -0.1) is 11.8 Å². The molecule has 0 spiro atoms. The fourth-order valence-electron chi connectivity index (χ4n) is 1.36. The summed E-state index contributed by atoms with van der Waals surface area (Å²) in [7, 11) is 0. The number of nitrogens with two attached hydrogens (primary N) is 1. The van der Waals surface area contributed by atoms with Crippen molar-refractivity contribution < 1.29 is 9.59 Å². The SMILES string of the molecule is CC(CCN)SCC(=O)NNC(=O)c1ccccc1. The van der Waals surface area contributed by atoms with Gasteiger partial charge in [0, 0.05) is 10.8 Å². The average Bonchev–Trinajstić information content (AvgIpc) is 2.44. The Labute approximate surface area is 117 Å². The maximum atomic E-state index is 11.6. The first-order chi connectivity index (χ1) is 9.13. The van der Waals surface area contributed by atoms with Gasteiger partial charge in [-0.2, -0.15) is 0 Å². The molecule has 6 heteroatoms. The monoisotopic (exact) mass is 281 g/mol. The van der Waals surface area contributed by atoms with Crippen molar-refractivity contribution in [3.05, 3.63) is 35.9 Å². The molecule has 0 aliphatic rings. The predicted octanol–water partition coefficient (Wildman–Crippen LogP) is 0.918. The van der Waals surface area contributed by atoms with E-state index in [1.54, 1.807) is 24.3 Å². The van der Waals surface area contributed by atoms with E-state index in [0.29, 0.717) is 23.1 Å². The highest BCUT2D eigenvalue weighted by molar-refractivity contribution is 8.00. The van der Waals surface area contributed by atoms with Gasteiger partial charge in [-0.05, 0) is 25.1 Å². The number of carbonyl (C=O) groups excluding carboxylic acids is 2. The highest BCUT2D eigenvalue weighted by Gasteiger charge is 2.08. The van der Waals surface area contributed by atoms with E-state index in [4.69, 9.17) is 5.73 Å². The molecule has 0 saturated carbocycles. The van der Waals surface area contributed by atoms with Crippen LogP contribution in [0.2, 0.25) is 0 Å². The van der Waals surface area contributed by atoms with Crippen LogP contribution < -0.4 is 16.6 Å². The summed E-state index contributed by atoms with van der Waals surface area (Å²) in [6.07, 6.45) is 0.869. The van der Waals surface area contributed by atoms with Crippen LogP contribution in [0.5, 0.6) is 0 Å². The molecule has 0 bridgehead atoms. The van der Waals surface area contributed by atoms with E-state index in [1.807, 2.05) is 13.0 Å². The molecule has 2 amide bonds. The van der Waals surface area contributed by atoms with Crippen molar-refractivity contribution in [3.8, 4) is 0 Å². The molecule has 0 heterocycles. The normalized spacial score (nSPS) is 11.7. The molecular weight excluding hydrogens is 262 g/mol. The van der Waals surface area contributed by atoms with Crippen molar-refractivity contribution in [2.75, 3.05) is 12.3 Å². The van der Waals surface area contributed by atoms with Gasteiger partial charge in [-0.3, -0.25) is 20.4 Å². The highest BCUT2D eigenvalue weighted by atomic mass is 32.2. The number of rotatable bonds is 6. The minimum absolute atomic E-state index is 0.224. The van der Waals surface area contributed by atoms with E-state index < -0.39 is 0 Å². The van der Waals surface area contributed by atoms with Crippen molar-refractivity contribution in [2.24, 2.45) is 5.73 Å². The largest absolute Gasteiger partial charge is 0.330 e. The van der Waals surface area contributed by atoms with Crippen LogP contribution in [0.1, 0.15) is 23.7 Å². The molecule has 0 fully saturated rings. The summed E-state index contributed by atoms with van der Waals surface area (Å²) in [6, 6.07) is 8.71. The zero-order chi connectivity index (χ0) is 14.1. The maximum absolute atomic E-state index is 11.6. The van der Waals surface area contributed by atoms with Crippen LogP contribution in [0.3, 0.4) is 0 Å². The lowest BCUT2D eigenvalue weighted by Crippen LogP contribution is -2.42. The van der Waals surface area contributed by atoms with E-state index in [2.05, 4.69) is 10.9 Å². The minimum atomic E-state index is -0.325. The Morgan fingerprint density at radius 3 is 2.58 bits per heavy atom. The van der Waals surface area contributed by atoms with Crippen LogP contribution in [0, 0.1) is 0 Å². The van der Waals surface area contributed by atoms with Crippen molar-refractivity contribution in [3.63, 3.8) is 0 Å². The lowest BCUT2D eigenvalue weighted by atomic mass is 10.2. The molecule has 0 aliphatic heterocycles. The standard InChI is InChI=1S/C13H19N3O2S/c1-10(7-8-14)19-9-12(17)15-16-13(18)11-5-3-2-4-6-11/h2-6,10H,7-9,14H2,1H3,(H,15,17)(H,16,18). The van der Waals surface area contributed by atoms with Crippen molar-refractivity contribution in [2.45, 2.75) is 18.6 Å². The van der Waals surface area contributed by atoms with E-state index in [-0.39, 0.29) is 11.8 Å². The van der Waals surface area contributed by atoms with Crippen molar-refractivity contribution >= 4 is 23.6 Å². The molecular formula is C13H19N3O2S. The second-order valence-corrected chi connectivity index (χ2v) is 5.49. The predicted molar refractivity (Wildman–Crippen MR) is 77.6 cm³/mol. The summed E-state index contributed by atoms with van der Waals surface area (Å²) in [6.45, 7) is 2.63. The molecule has 0 radical (unpaired) electrons. The van der Waals surface area contributed by atoms with Crippen LogP contribution in [0.4, 0.5) is 0 Å². The third-order valence-corrected chi connectivity index (χ3v) is 3.66. The summed E-state index contributed by atoms with van der Waals surface area (Å²) in [5.41, 5.74) is 10.7. The van der Waals surface area contributed by atoms with Gasteiger partial charge in [-0.1, -0.05) is 25.1 Å². The molecule has 1 unspecified atom stereocenters. The lowest BCUT2D eigenvalue weighted by Gasteiger charge is -2.10.